The highest BCUT2D eigenvalue weighted by Crippen LogP contribution is 2.18. The molecule has 0 aliphatic carbocycles. The summed E-state index contributed by atoms with van der Waals surface area (Å²) in [6.07, 6.45) is -0.709. The number of carbonyl (C=O) groups is 2. The first-order valence-corrected chi connectivity index (χ1v) is 9.75. The first kappa shape index (κ1) is 20.2. The van der Waals surface area contributed by atoms with Crippen molar-refractivity contribution in [2.75, 3.05) is 11.5 Å². The molecule has 0 saturated carbocycles. The van der Waals surface area contributed by atoms with Gasteiger partial charge in [-0.15, -0.1) is 0 Å². The maximum absolute atomic E-state index is 12.1. The van der Waals surface area contributed by atoms with Gasteiger partial charge in [0.15, 0.2) is 0 Å². The Bertz CT molecular complexity index is 748. The van der Waals surface area contributed by atoms with E-state index in [1.807, 2.05) is 49.4 Å². The number of nitrogens with one attached hydrogen (secondary N) is 2. The summed E-state index contributed by atoms with van der Waals surface area (Å²) in [4.78, 5) is 24.0. The zero-order chi connectivity index (χ0) is 18.9. The molecule has 2 aromatic rings. The van der Waals surface area contributed by atoms with Crippen LogP contribution in [0.5, 0.6) is 0 Å². The van der Waals surface area contributed by atoms with Crippen LogP contribution < -0.4 is 16.6 Å². The highest BCUT2D eigenvalue weighted by molar-refractivity contribution is 7.99. The lowest BCUT2D eigenvalue weighted by Crippen LogP contribution is -2.52. The summed E-state index contributed by atoms with van der Waals surface area (Å²) in [5.41, 5.74) is 11.3. The standard InChI is InChI=1S/C19H25N3O3S/c1-2-26-11-10-16(20)18(24)19(25)22-21-17(23)12-14-8-5-7-13-6-3-4-9-15(13)14/h3-9,16,18,24H,2,10-12,20H2,1H3,(H,21,23)(H,22,25)/t16-,18?/m1/s1. The Kier molecular flexibility index (Phi) is 7.90. The predicted octanol–water partition coefficient (Wildman–Crippen LogP) is 1.36. The van der Waals surface area contributed by atoms with Crippen molar-refractivity contribution < 1.29 is 14.7 Å². The summed E-state index contributed by atoms with van der Waals surface area (Å²) >= 11 is 1.69. The molecule has 2 amide bonds. The Morgan fingerprint density at radius 2 is 1.88 bits per heavy atom. The van der Waals surface area contributed by atoms with Gasteiger partial charge in [-0.1, -0.05) is 49.4 Å². The second kappa shape index (κ2) is 10.2. The molecular weight excluding hydrogens is 350 g/mol. The van der Waals surface area contributed by atoms with E-state index in [0.29, 0.717) is 6.42 Å². The van der Waals surface area contributed by atoms with Crippen molar-refractivity contribution >= 4 is 34.3 Å². The predicted molar refractivity (Wildman–Crippen MR) is 106 cm³/mol. The van der Waals surface area contributed by atoms with Crippen molar-refractivity contribution in [1.82, 2.24) is 10.9 Å². The largest absolute Gasteiger partial charge is 0.382 e. The first-order chi connectivity index (χ1) is 12.5. The maximum Gasteiger partial charge on any atom is 0.268 e. The van der Waals surface area contributed by atoms with Gasteiger partial charge in [-0.25, -0.2) is 0 Å². The molecule has 0 radical (unpaired) electrons. The number of aliphatic hydroxyl groups is 1. The van der Waals surface area contributed by atoms with E-state index in [9.17, 15) is 14.7 Å². The van der Waals surface area contributed by atoms with E-state index in [0.717, 1.165) is 27.8 Å². The summed E-state index contributed by atoms with van der Waals surface area (Å²) in [6, 6.07) is 12.9. The second-order valence-electron chi connectivity index (χ2n) is 5.95. The number of nitrogens with two attached hydrogens (primary N) is 1. The van der Waals surface area contributed by atoms with Crippen LogP contribution >= 0.6 is 11.8 Å². The lowest BCUT2D eigenvalue weighted by Gasteiger charge is -2.18. The van der Waals surface area contributed by atoms with Crippen molar-refractivity contribution in [2.45, 2.75) is 31.9 Å². The molecule has 0 heterocycles. The zero-order valence-electron chi connectivity index (χ0n) is 14.8. The molecule has 0 aliphatic heterocycles. The molecule has 26 heavy (non-hydrogen) atoms. The highest BCUT2D eigenvalue weighted by Gasteiger charge is 2.23. The van der Waals surface area contributed by atoms with Gasteiger partial charge in [0, 0.05) is 6.04 Å². The van der Waals surface area contributed by atoms with E-state index in [1.54, 1.807) is 11.8 Å². The first-order valence-electron chi connectivity index (χ1n) is 8.59. The normalized spacial score (nSPS) is 13.2. The highest BCUT2D eigenvalue weighted by atomic mass is 32.2. The quantitative estimate of drug-likeness (QED) is 0.412. The monoisotopic (exact) mass is 375 g/mol. The minimum absolute atomic E-state index is 0.122. The van der Waals surface area contributed by atoms with Crippen molar-refractivity contribution in [2.24, 2.45) is 5.73 Å². The number of rotatable bonds is 8. The molecule has 2 aromatic carbocycles. The van der Waals surface area contributed by atoms with Crippen molar-refractivity contribution in [3.05, 3.63) is 48.0 Å². The summed E-state index contributed by atoms with van der Waals surface area (Å²) in [7, 11) is 0. The number of benzene rings is 2. The fourth-order valence-corrected chi connectivity index (χ4v) is 3.31. The summed E-state index contributed by atoms with van der Waals surface area (Å²) < 4.78 is 0. The van der Waals surface area contributed by atoms with Crippen LogP contribution in [0.2, 0.25) is 0 Å². The van der Waals surface area contributed by atoms with Crippen LogP contribution in [0, 0.1) is 0 Å². The Hall–Kier alpha value is -2.09. The number of amides is 2. The molecule has 2 atom stereocenters. The van der Waals surface area contributed by atoms with Crippen LogP contribution in [0.4, 0.5) is 0 Å². The van der Waals surface area contributed by atoms with Crippen molar-refractivity contribution in [3.63, 3.8) is 0 Å². The van der Waals surface area contributed by atoms with Gasteiger partial charge in [-0.2, -0.15) is 11.8 Å². The van der Waals surface area contributed by atoms with Gasteiger partial charge >= 0.3 is 0 Å². The van der Waals surface area contributed by atoms with Crippen LogP contribution in [0.3, 0.4) is 0 Å². The number of hydrazine groups is 1. The van der Waals surface area contributed by atoms with Crippen LogP contribution in [-0.2, 0) is 16.0 Å². The summed E-state index contributed by atoms with van der Waals surface area (Å²) in [5, 5.41) is 12.0. The molecule has 0 aromatic heterocycles. The van der Waals surface area contributed by atoms with E-state index < -0.39 is 18.1 Å². The number of carbonyl (C=O) groups excluding carboxylic acids is 2. The molecule has 6 nitrogen and oxygen atoms in total. The van der Waals surface area contributed by atoms with Gasteiger partial charge in [0.25, 0.3) is 5.91 Å². The lowest BCUT2D eigenvalue weighted by atomic mass is 10.0. The second-order valence-corrected chi connectivity index (χ2v) is 7.34. The summed E-state index contributed by atoms with van der Waals surface area (Å²) in [6.45, 7) is 2.03. The van der Waals surface area contributed by atoms with Gasteiger partial charge in [-0.05, 0) is 34.3 Å². The maximum atomic E-state index is 12.1. The van der Waals surface area contributed by atoms with E-state index >= 15 is 0 Å². The fourth-order valence-electron chi connectivity index (χ4n) is 2.59. The van der Waals surface area contributed by atoms with Crippen molar-refractivity contribution in [3.8, 4) is 0 Å². The molecular formula is C19H25N3O3S. The van der Waals surface area contributed by atoms with Crippen LogP contribution in [0.1, 0.15) is 18.9 Å². The van der Waals surface area contributed by atoms with E-state index in [4.69, 9.17) is 5.73 Å². The third-order valence-corrected chi connectivity index (χ3v) is 4.96. The molecule has 2 rings (SSSR count). The van der Waals surface area contributed by atoms with Gasteiger partial charge in [0.2, 0.25) is 5.91 Å². The molecule has 0 fully saturated rings. The third-order valence-electron chi connectivity index (χ3n) is 4.03. The van der Waals surface area contributed by atoms with E-state index in [-0.39, 0.29) is 12.3 Å². The zero-order valence-corrected chi connectivity index (χ0v) is 15.6. The fraction of sp³-hybridized carbons (Fsp3) is 0.368. The molecule has 140 valence electrons. The van der Waals surface area contributed by atoms with Gasteiger partial charge in [0.1, 0.15) is 6.10 Å². The molecule has 0 spiro atoms. The average molecular weight is 375 g/mol. The van der Waals surface area contributed by atoms with Crippen LogP contribution in [0.15, 0.2) is 42.5 Å². The number of hydrogen-bond acceptors (Lipinski definition) is 5. The number of fused-ring (bicyclic) bond motifs is 1. The molecule has 0 saturated heterocycles. The topological polar surface area (TPSA) is 104 Å². The average Bonchev–Trinajstić information content (AvgIpc) is 2.66. The van der Waals surface area contributed by atoms with Crippen molar-refractivity contribution in [1.29, 1.82) is 0 Å². The third kappa shape index (κ3) is 5.72. The molecule has 1 unspecified atom stereocenters. The number of hydrogen-bond donors (Lipinski definition) is 4. The number of thioether (sulfide) groups is 1. The summed E-state index contributed by atoms with van der Waals surface area (Å²) in [5.74, 6) is 0.664. The Balaban J connectivity index is 1.85. The molecule has 5 N–H and O–H groups in total. The minimum Gasteiger partial charge on any atom is -0.382 e. The van der Waals surface area contributed by atoms with Gasteiger partial charge < -0.3 is 10.8 Å². The van der Waals surface area contributed by atoms with E-state index in [2.05, 4.69) is 10.9 Å². The smallest absolute Gasteiger partial charge is 0.268 e. The van der Waals surface area contributed by atoms with E-state index in [1.165, 1.54) is 0 Å². The molecule has 0 bridgehead atoms. The minimum atomic E-state index is -1.36. The Labute approximate surface area is 157 Å². The van der Waals surface area contributed by atoms with Gasteiger partial charge in [-0.3, -0.25) is 20.4 Å². The number of aliphatic hydroxyl groups excluding tert-OH is 1. The SMILES string of the molecule is CCSCC[C@@H](N)C(O)C(=O)NNC(=O)Cc1cccc2ccccc12. The van der Waals surface area contributed by atoms with Gasteiger partial charge in [0.05, 0.1) is 6.42 Å². The lowest BCUT2D eigenvalue weighted by molar-refractivity contribution is -0.134. The molecule has 0 aliphatic rings. The Morgan fingerprint density at radius 3 is 2.65 bits per heavy atom. The molecule has 7 heteroatoms. The van der Waals surface area contributed by atoms with Crippen LogP contribution in [0.25, 0.3) is 10.8 Å². The Morgan fingerprint density at radius 1 is 1.15 bits per heavy atom. The van der Waals surface area contributed by atoms with Crippen LogP contribution in [-0.4, -0.2) is 40.6 Å².